The van der Waals surface area contributed by atoms with Crippen LogP contribution in [-0.2, 0) is 0 Å². The summed E-state index contributed by atoms with van der Waals surface area (Å²) in [5.74, 6) is -0.452. The van der Waals surface area contributed by atoms with Crippen LogP contribution in [-0.4, -0.2) is 15.8 Å². The fourth-order valence-corrected chi connectivity index (χ4v) is 2.30. The number of nitrogens with one attached hydrogen (secondary N) is 2. The highest BCUT2D eigenvalue weighted by Gasteiger charge is 2.09. The van der Waals surface area contributed by atoms with E-state index in [0.29, 0.717) is 17.1 Å². The van der Waals surface area contributed by atoms with Crippen molar-refractivity contribution in [3.63, 3.8) is 0 Å². The van der Waals surface area contributed by atoms with Crippen molar-refractivity contribution in [3.8, 4) is 0 Å². The zero-order valence-electron chi connectivity index (χ0n) is 15.3. The molecule has 0 fully saturated rings. The molecule has 0 aromatic heterocycles. The molecule has 150 valence electrons. The predicted octanol–water partition coefficient (Wildman–Crippen LogP) is 4.68. The monoisotopic (exact) mass is 406 g/mol. The summed E-state index contributed by atoms with van der Waals surface area (Å²) in [6, 6.07) is 17.5. The van der Waals surface area contributed by atoms with Crippen LogP contribution in [0.3, 0.4) is 0 Å². The third kappa shape index (κ3) is 5.19. The van der Waals surface area contributed by atoms with Gasteiger partial charge in [0.1, 0.15) is 0 Å². The van der Waals surface area contributed by atoms with E-state index in [4.69, 9.17) is 0 Å². The van der Waals surface area contributed by atoms with Crippen molar-refractivity contribution < 1.29 is 14.6 Å². The van der Waals surface area contributed by atoms with E-state index >= 15 is 0 Å². The molecule has 0 spiro atoms. The minimum Gasteiger partial charge on any atom is -0.298 e. The van der Waals surface area contributed by atoms with Crippen LogP contribution in [0.25, 0.3) is 0 Å². The Morgan fingerprint density at radius 1 is 0.700 bits per heavy atom. The second-order valence-electron chi connectivity index (χ2n) is 5.90. The number of hydrogen-bond donors (Lipinski definition) is 2. The number of nitro groups is 2. The number of amides is 1. The van der Waals surface area contributed by atoms with Crippen LogP contribution in [0.4, 0.5) is 28.4 Å². The van der Waals surface area contributed by atoms with Crippen LogP contribution in [0, 0.1) is 20.2 Å². The Morgan fingerprint density at radius 2 is 1.13 bits per heavy atom. The first-order valence-electron chi connectivity index (χ1n) is 8.49. The van der Waals surface area contributed by atoms with Crippen LogP contribution in [0.5, 0.6) is 0 Å². The molecule has 0 atom stereocenters. The lowest BCUT2D eigenvalue weighted by Crippen LogP contribution is -2.29. The van der Waals surface area contributed by atoms with Gasteiger partial charge in [0, 0.05) is 29.8 Å². The molecule has 0 radical (unpaired) electrons. The van der Waals surface area contributed by atoms with Crippen molar-refractivity contribution in [3.05, 3.63) is 98.6 Å². The van der Waals surface area contributed by atoms with Crippen LogP contribution in [0.2, 0.25) is 0 Å². The predicted molar refractivity (Wildman–Crippen MR) is 108 cm³/mol. The SMILES string of the molecule is O=C(NNc1ccc(N=Nc2ccc([N+](=O)[O-])cc2)cc1)c1ccc([N+](=O)[O-])cc1. The molecule has 11 nitrogen and oxygen atoms in total. The highest BCUT2D eigenvalue weighted by molar-refractivity contribution is 5.95. The van der Waals surface area contributed by atoms with Gasteiger partial charge in [0.25, 0.3) is 17.3 Å². The van der Waals surface area contributed by atoms with Crippen LogP contribution < -0.4 is 10.9 Å². The Labute approximate surface area is 169 Å². The third-order valence-corrected chi connectivity index (χ3v) is 3.87. The number of hydrazine groups is 1. The molecule has 1 amide bonds. The van der Waals surface area contributed by atoms with Gasteiger partial charge in [0.15, 0.2) is 0 Å². The van der Waals surface area contributed by atoms with Crippen molar-refractivity contribution in [1.82, 2.24) is 5.43 Å². The van der Waals surface area contributed by atoms with E-state index in [-0.39, 0.29) is 16.9 Å². The van der Waals surface area contributed by atoms with E-state index in [1.54, 1.807) is 24.3 Å². The normalized spacial score (nSPS) is 10.5. The second-order valence-corrected chi connectivity index (χ2v) is 5.90. The number of rotatable bonds is 7. The zero-order chi connectivity index (χ0) is 21.5. The Bertz CT molecular complexity index is 1100. The van der Waals surface area contributed by atoms with Crippen molar-refractivity contribution in [2.45, 2.75) is 0 Å². The van der Waals surface area contributed by atoms with Gasteiger partial charge in [0.2, 0.25) is 0 Å². The standard InChI is InChI=1S/C19H14N6O5/c26-19(13-1-9-17(10-2-13)24(27)28)23-22-15-5-3-14(4-6-15)20-21-16-7-11-18(12-8-16)25(29)30/h1-12,22H,(H,23,26). The van der Waals surface area contributed by atoms with Gasteiger partial charge in [-0.3, -0.25) is 35.9 Å². The number of non-ortho nitro benzene ring substituents is 2. The summed E-state index contributed by atoms with van der Waals surface area (Å²) in [4.78, 5) is 32.3. The highest BCUT2D eigenvalue weighted by Crippen LogP contribution is 2.22. The summed E-state index contributed by atoms with van der Waals surface area (Å²) in [7, 11) is 0. The Morgan fingerprint density at radius 3 is 1.60 bits per heavy atom. The molecule has 0 aliphatic heterocycles. The minimum atomic E-state index is -0.541. The van der Waals surface area contributed by atoms with E-state index in [1.165, 1.54) is 48.5 Å². The number of nitro benzene ring substituents is 2. The lowest BCUT2D eigenvalue weighted by Gasteiger charge is -2.08. The van der Waals surface area contributed by atoms with Gasteiger partial charge < -0.3 is 0 Å². The molecule has 0 heterocycles. The zero-order valence-corrected chi connectivity index (χ0v) is 15.3. The van der Waals surface area contributed by atoms with Crippen molar-refractivity contribution in [1.29, 1.82) is 0 Å². The maximum atomic E-state index is 12.1. The molecule has 0 aliphatic rings. The first-order chi connectivity index (χ1) is 14.4. The molecular weight excluding hydrogens is 392 g/mol. The van der Waals surface area contributed by atoms with E-state index in [2.05, 4.69) is 21.1 Å². The van der Waals surface area contributed by atoms with Gasteiger partial charge in [-0.25, -0.2) is 0 Å². The minimum absolute atomic E-state index is 0.0276. The Balaban J connectivity index is 1.55. The molecule has 0 aliphatic carbocycles. The van der Waals surface area contributed by atoms with Crippen molar-refractivity contribution >= 4 is 34.3 Å². The first-order valence-corrected chi connectivity index (χ1v) is 8.49. The molecule has 0 unspecified atom stereocenters. The van der Waals surface area contributed by atoms with Gasteiger partial charge >= 0.3 is 0 Å². The summed E-state index contributed by atoms with van der Waals surface area (Å²) in [5.41, 5.74) is 6.95. The molecular formula is C19H14N6O5. The summed E-state index contributed by atoms with van der Waals surface area (Å²) in [6.07, 6.45) is 0. The van der Waals surface area contributed by atoms with Crippen LogP contribution in [0.1, 0.15) is 10.4 Å². The van der Waals surface area contributed by atoms with E-state index in [9.17, 15) is 25.0 Å². The average molecular weight is 406 g/mol. The topological polar surface area (TPSA) is 152 Å². The molecule has 3 aromatic carbocycles. The highest BCUT2D eigenvalue weighted by atomic mass is 16.6. The Kier molecular flexibility index (Phi) is 6.03. The van der Waals surface area contributed by atoms with Gasteiger partial charge in [0.05, 0.1) is 26.9 Å². The third-order valence-electron chi connectivity index (χ3n) is 3.87. The summed E-state index contributed by atoms with van der Waals surface area (Å²) in [6.45, 7) is 0. The number of benzene rings is 3. The van der Waals surface area contributed by atoms with Crippen molar-refractivity contribution in [2.75, 3.05) is 5.43 Å². The fourth-order valence-electron chi connectivity index (χ4n) is 2.30. The molecule has 3 rings (SSSR count). The Hall–Kier alpha value is -4.67. The van der Waals surface area contributed by atoms with Gasteiger partial charge in [-0.05, 0) is 48.5 Å². The molecule has 11 heteroatoms. The molecule has 30 heavy (non-hydrogen) atoms. The number of azo groups is 1. The van der Waals surface area contributed by atoms with Crippen LogP contribution in [0.15, 0.2) is 83.0 Å². The first kappa shape index (κ1) is 20.1. The molecule has 0 saturated carbocycles. The van der Waals surface area contributed by atoms with Gasteiger partial charge in [-0.2, -0.15) is 10.2 Å². The van der Waals surface area contributed by atoms with Crippen LogP contribution >= 0.6 is 0 Å². The summed E-state index contributed by atoms with van der Waals surface area (Å²) < 4.78 is 0. The fraction of sp³-hybridized carbons (Fsp3) is 0. The largest absolute Gasteiger partial charge is 0.298 e. The molecule has 0 saturated heterocycles. The summed E-state index contributed by atoms with van der Waals surface area (Å²) in [5, 5.41) is 29.3. The van der Waals surface area contributed by atoms with Gasteiger partial charge in [-0.1, -0.05) is 0 Å². The number of carbonyl (C=O) groups excluding carboxylic acids is 1. The average Bonchev–Trinajstić information content (AvgIpc) is 2.77. The summed E-state index contributed by atoms with van der Waals surface area (Å²) >= 11 is 0. The van der Waals surface area contributed by atoms with Crippen molar-refractivity contribution in [2.24, 2.45) is 10.2 Å². The molecule has 2 N–H and O–H groups in total. The van der Waals surface area contributed by atoms with E-state index in [1.807, 2.05) is 0 Å². The van der Waals surface area contributed by atoms with Gasteiger partial charge in [-0.15, -0.1) is 0 Å². The van der Waals surface area contributed by atoms with E-state index in [0.717, 1.165) is 0 Å². The second kappa shape index (κ2) is 9.01. The number of nitrogens with zero attached hydrogens (tertiary/aromatic N) is 4. The molecule has 3 aromatic rings. The lowest BCUT2D eigenvalue weighted by atomic mass is 10.2. The number of anilines is 1. The molecule has 0 bridgehead atoms. The quantitative estimate of drug-likeness (QED) is 0.330. The maximum absolute atomic E-state index is 12.1. The number of hydrogen-bond acceptors (Lipinski definition) is 8. The van der Waals surface area contributed by atoms with E-state index < -0.39 is 15.8 Å². The maximum Gasteiger partial charge on any atom is 0.269 e. The number of carbonyl (C=O) groups is 1. The lowest BCUT2D eigenvalue weighted by molar-refractivity contribution is -0.385. The smallest absolute Gasteiger partial charge is 0.269 e.